The molecule has 0 aliphatic heterocycles. The molecule has 0 bridgehead atoms. The van der Waals surface area contributed by atoms with Crippen LogP contribution >= 0.6 is 0 Å². The summed E-state index contributed by atoms with van der Waals surface area (Å²) in [6.07, 6.45) is -0.574. The molecular formula is C12H16N2O3. The third kappa shape index (κ3) is 2.96. The van der Waals surface area contributed by atoms with Crippen molar-refractivity contribution in [1.82, 2.24) is 0 Å². The minimum Gasteiger partial charge on any atom is -0.449 e. The van der Waals surface area contributed by atoms with E-state index in [4.69, 9.17) is 16.2 Å². The topological polar surface area (TPSA) is 95.4 Å². The Balaban J connectivity index is 2.90. The van der Waals surface area contributed by atoms with Crippen LogP contribution in [-0.4, -0.2) is 18.0 Å². The summed E-state index contributed by atoms with van der Waals surface area (Å²) in [5, 5.41) is 0. The standard InChI is InChI=1S/C12H16N2O3/c1-3-9(11(14)15)17-12(16)8-6-4-5-7(2)10(8)13/h4-6,9H,3,13H2,1-2H3,(H2,14,15). The summed E-state index contributed by atoms with van der Waals surface area (Å²) in [6.45, 7) is 3.50. The second kappa shape index (κ2) is 5.34. The van der Waals surface area contributed by atoms with Gasteiger partial charge in [0.2, 0.25) is 0 Å². The molecule has 1 rings (SSSR count). The summed E-state index contributed by atoms with van der Waals surface area (Å²) in [6, 6.07) is 5.05. The van der Waals surface area contributed by atoms with Crippen molar-refractivity contribution in [2.75, 3.05) is 5.73 Å². The Morgan fingerprint density at radius 3 is 2.59 bits per heavy atom. The van der Waals surface area contributed by atoms with Gasteiger partial charge in [-0.1, -0.05) is 19.1 Å². The van der Waals surface area contributed by atoms with Crippen molar-refractivity contribution in [3.05, 3.63) is 29.3 Å². The molecule has 0 aliphatic rings. The summed E-state index contributed by atoms with van der Waals surface area (Å²) >= 11 is 0. The number of rotatable bonds is 4. The molecule has 0 fully saturated rings. The molecule has 0 saturated carbocycles. The van der Waals surface area contributed by atoms with E-state index in [0.717, 1.165) is 5.56 Å². The van der Waals surface area contributed by atoms with Gasteiger partial charge in [0, 0.05) is 5.69 Å². The summed E-state index contributed by atoms with van der Waals surface area (Å²) in [5.74, 6) is -1.29. The van der Waals surface area contributed by atoms with E-state index in [0.29, 0.717) is 12.1 Å². The van der Waals surface area contributed by atoms with Crippen LogP contribution in [0.25, 0.3) is 0 Å². The van der Waals surface area contributed by atoms with Crippen LogP contribution in [0.2, 0.25) is 0 Å². The molecule has 1 aromatic rings. The van der Waals surface area contributed by atoms with Crippen molar-refractivity contribution in [2.45, 2.75) is 26.4 Å². The molecule has 0 aliphatic carbocycles. The third-order valence-electron chi connectivity index (χ3n) is 2.48. The van der Waals surface area contributed by atoms with Gasteiger partial charge in [-0.15, -0.1) is 0 Å². The number of para-hydroxylation sites is 1. The Hall–Kier alpha value is -2.04. The predicted molar refractivity (Wildman–Crippen MR) is 64.3 cm³/mol. The van der Waals surface area contributed by atoms with E-state index in [9.17, 15) is 9.59 Å². The molecule has 1 atom stereocenters. The number of aryl methyl sites for hydroxylation is 1. The minimum absolute atomic E-state index is 0.254. The number of esters is 1. The largest absolute Gasteiger partial charge is 0.449 e. The van der Waals surface area contributed by atoms with Crippen molar-refractivity contribution in [2.24, 2.45) is 5.73 Å². The molecule has 0 spiro atoms. The fourth-order valence-corrected chi connectivity index (χ4v) is 1.39. The summed E-state index contributed by atoms with van der Waals surface area (Å²) in [7, 11) is 0. The minimum atomic E-state index is -0.914. The lowest BCUT2D eigenvalue weighted by Gasteiger charge is -2.14. The molecule has 0 heterocycles. The zero-order chi connectivity index (χ0) is 13.0. The van der Waals surface area contributed by atoms with Crippen molar-refractivity contribution >= 4 is 17.6 Å². The number of amides is 1. The van der Waals surface area contributed by atoms with E-state index >= 15 is 0 Å². The van der Waals surface area contributed by atoms with E-state index in [1.165, 1.54) is 0 Å². The van der Waals surface area contributed by atoms with Crippen LogP contribution in [0.4, 0.5) is 5.69 Å². The van der Waals surface area contributed by atoms with Crippen molar-refractivity contribution in [1.29, 1.82) is 0 Å². The van der Waals surface area contributed by atoms with Gasteiger partial charge in [0.1, 0.15) is 0 Å². The fraction of sp³-hybridized carbons (Fsp3) is 0.333. The molecule has 1 amide bonds. The van der Waals surface area contributed by atoms with E-state index in [1.54, 1.807) is 32.0 Å². The molecule has 17 heavy (non-hydrogen) atoms. The Morgan fingerprint density at radius 1 is 1.41 bits per heavy atom. The zero-order valence-electron chi connectivity index (χ0n) is 9.90. The molecule has 92 valence electrons. The van der Waals surface area contributed by atoms with Gasteiger partial charge < -0.3 is 16.2 Å². The van der Waals surface area contributed by atoms with Gasteiger partial charge in [-0.2, -0.15) is 0 Å². The van der Waals surface area contributed by atoms with Gasteiger partial charge in [-0.05, 0) is 25.0 Å². The smallest absolute Gasteiger partial charge is 0.341 e. The van der Waals surface area contributed by atoms with Gasteiger partial charge in [0.05, 0.1) is 5.56 Å². The Labute approximate surface area is 99.7 Å². The molecule has 5 nitrogen and oxygen atoms in total. The second-order valence-corrected chi connectivity index (χ2v) is 3.74. The first-order valence-corrected chi connectivity index (χ1v) is 5.32. The lowest BCUT2D eigenvalue weighted by molar-refractivity contribution is -0.126. The first-order valence-electron chi connectivity index (χ1n) is 5.32. The lowest BCUT2D eigenvalue weighted by Crippen LogP contribution is -2.32. The van der Waals surface area contributed by atoms with Crippen LogP contribution in [0.1, 0.15) is 29.3 Å². The highest BCUT2D eigenvalue weighted by molar-refractivity contribution is 5.97. The number of benzene rings is 1. The normalized spacial score (nSPS) is 11.9. The van der Waals surface area contributed by atoms with Crippen LogP contribution in [-0.2, 0) is 9.53 Å². The number of primary amides is 1. The highest BCUT2D eigenvalue weighted by atomic mass is 16.5. The van der Waals surface area contributed by atoms with Gasteiger partial charge in [-0.3, -0.25) is 4.79 Å². The number of ether oxygens (including phenoxy) is 1. The van der Waals surface area contributed by atoms with Crippen molar-refractivity contribution < 1.29 is 14.3 Å². The fourth-order valence-electron chi connectivity index (χ4n) is 1.39. The molecule has 5 heteroatoms. The van der Waals surface area contributed by atoms with Crippen molar-refractivity contribution in [3.8, 4) is 0 Å². The Morgan fingerprint density at radius 2 is 2.06 bits per heavy atom. The van der Waals surface area contributed by atoms with E-state index in [-0.39, 0.29) is 5.56 Å². The zero-order valence-corrected chi connectivity index (χ0v) is 9.90. The number of carbonyl (C=O) groups excluding carboxylic acids is 2. The number of hydrogen-bond acceptors (Lipinski definition) is 4. The maximum atomic E-state index is 11.8. The molecular weight excluding hydrogens is 220 g/mol. The van der Waals surface area contributed by atoms with Crippen molar-refractivity contribution in [3.63, 3.8) is 0 Å². The van der Waals surface area contributed by atoms with Crippen LogP contribution in [0.15, 0.2) is 18.2 Å². The third-order valence-corrected chi connectivity index (χ3v) is 2.48. The first-order chi connectivity index (χ1) is 7.97. The first kappa shape index (κ1) is 13.0. The highest BCUT2D eigenvalue weighted by Crippen LogP contribution is 2.18. The van der Waals surface area contributed by atoms with E-state index in [2.05, 4.69) is 0 Å². The van der Waals surface area contributed by atoms with Crippen LogP contribution in [0, 0.1) is 6.92 Å². The Bertz CT molecular complexity index is 443. The molecule has 1 aromatic carbocycles. The van der Waals surface area contributed by atoms with E-state index < -0.39 is 18.0 Å². The van der Waals surface area contributed by atoms with Gasteiger partial charge in [-0.25, -0.2) is 4.79 Å². The van der Waals surface area contributed by atoms with E-state index in [1.807, 2.05) is 0 Å². The number of carbonyl (C=O) groups is 2. The molecule has 0 aromatic heterocycles. The lowest BCUT2D eigenvalue weighted by atomic mass is 10.1. The molecule has 1 unspecified atom stereocenters. The summed E-state index contributed by atoms with van der Waals surface area (Å²) < 4.78 is 4.99. The van der Waals surface area contributed by atoms with Crippen LogP contribution in [0.5, 0.6) is 0 Å². The quantitative estimate of drug-likeness (QED) is 0.602. The van der Waals surface area contributed by atoms with Crippen LogP contribution in [0.3, 0.4) is 0 Å². The van der Waals surface area contributed by atoms with Gasteiger partial charge in [0.15, 0.2) is 6.10 Å². The maximum absolute atomic E-state index is 11.8. The number of anilines is 1. The molecule has 0 saturated heterocycles. The predicted octanol–water partition coefficient (Wildman–Crippen LogP) is 0.998. The van der Waals surface area contributed by atoms with Gasteiger partial charge >= 0.3 is 5.97 Å². The monoisotopic (exact) mass is 236 g/mol. The second-order valence-electron chi connectivity index (χ2n) is 3.74. The molecule has 4 N–H and O–H groups in total. The summed E-state index contributed by atoms with van der Waals surface area (Å²) in [5.41, 5.74) is 12.3. The highest BCUT2D eigenvalue weighted by Gasteiger charge is 2.20. The Kier molecular flexibility index (Phi) is 4.09. The maximum Gasteiger partial charge on any atom is 0.341 e. The summed E-state index contributed by atoms with van der Waals surface area (Å²) in [4.78, 5) is 22.7. The van der Waals surface area contributed by atoms with Gasteiger partial charge in [0.25, 0.3) is 5.91 Å². The number of hydrogen-bond donors (Lipinski definition) is 2. The number of nitrogens with two attached hydrogens (primary N) is 2. The SMILES string of the molecule is CCC(OC(=O)c1cccc(C)c1N)C(N)=O. The van der Waals surface area contributed by atoms with Crippen LogP contribution < -0.4 is 11.5 Å². The molecule has 0 radical (unpaired) electrons. The average Bonchev–Trinajstić information content (AvgIpc) is 2.28. The average molecular weight is 236 g/mol. The number of nitrogen functional groups attached to an aromatic ring is 1.